The van der Waals surface area contributed by atoms with Gasteiger partial charge in [-0.2, -0.15) is 0 Å². The summed E-state index contributed by atoms with van der Waals surface area (Å²) in [4.78, 5) is 25.3. The molecule has 20 heavy (non-hydrogen) atoms. The molecule has 1 saturated carbocycles. The van der Waals surface area contributed by atoms with Gasteiger partial charge in [0.25, 0.3) is 5.91 Å². The molecule has 0 radical (unpaired) electrons. The molecular formula is C15H21NO3S. The molecule has 4 nitrogen and oxygen atoms in total. The molecular weight excluding hydrogens is 274 g/mol. The molecule has 110 valence electrons. The molecule has 1 aliphatic rings. The molecule has 1 aliphatic carbocycles. The van der Waals surface area contributed by atoms with Crippen LogP contribution in [0.2, 0.25) is 0 Å². The van der Waals surface area contributed by atoms with Gasteiger partial charge in [-0.1, -0.05) is 25.7 Å². The lowest BCUT2D eigenvalue weighted by Gasteiger charge is -2.27. The van der Waals surface area contributed by atoms with E-state index < -0.39 is 11.9 Å². The maximum Gasteiger partial charge on any atom is 0.308 e. The van der Waals surface area contributed by atoms with E-state index in [2.05, 4.69) is 5.32 Å². The average molecular weight is 295 g/mol. The molecule has 0 aliphatic heterocycles. The number of nitrogens with one attached hydrogen (secondary N) is 1. The van der Waals surface area contributed by atoms with Gasteiger partial charge in [-0.15, -0.1) is 11.3 Å². The molecule has 1 aromatic rings. The van der Waals surface area contributed by atoms with E-state index in [1.54, 1.807) is 6.07 Å². The smallest absolute Gasteiger partial charge is 0.308 e. The van der Waals surface area contributed by atoms with Crippen LogP contribution in [0.4, 0.5) is 0 Å². The zero-order chi connectivity index (χ0) is 14.5. The van der Waals surface area contributed by atoms with Crippen LogP contribution in [0.5, 0.6) is 0 Å². The minimum atomic E-state index is -0.792. The summed E-state index contributed by atoms with van der Waals surface area (Å²) in [7, 11) is 0. The number of carbonyl (C=O) groups is 2. The Balaban J connectivity index is 2.06. The molecule has 5 heteroatoms. The molecule has 0 spiro atoms. The lowest BCUT2D eigenvalue weighted by molar-refractivity contribution is -0.143. The Morgan fingerprint density at radius 2 is 1.90 bits per heavy atom. The SMILES string of the molecule is Cc1ccc(C(=O)NC2CCCCCCC2C(=O)O)s1. The maximum absolute atomic E-state index is 12.2. The molecule has 0 aromatic carbocycles. The molecule has 1 amide bonds. The van der Waals surface area contributed by atoms with E-state index in [1.165, 1.54) is 11.3 Å². The van der Waals surface area contributed by atoms with Crippen LogP contribution in [0.15, 0.2) is 12.1 Å². The molecule has 0 bridgehead atoms. The first-order valence-electron chi connectivity index (χ1n) is 7.18. The Bertz CT molecular complexity index is 483. The van der Waals surface area contributed by atoms with Gasteiger partial charge in [0.2, 0.25) is 0 Å². The van der Waals surface area contributed by atoms with Gasteiger partial charge < -0.3 is 10.4 Å². The third-order valence-corrected chi connectivity index (χ3v) is 4.86. The molecule has 2 atom stereocenters. The van der Waals surface area contributed by atoms with E-state index in [0.29, 0.717) is 11.3 Å². The first-order chi connectivity index (χ1) is 9.58. The fraction of sp³-hybridized carbons (Fsp3) is 0.600. The molecule has 2 N–H and O–H groups in total. The number of thiophene rings is 1. The highest BCUT2D eigenvalue weighted by molar-refractivity contribution is 7.13. The molecule has 1 fully saturated rings. The van der Waals surface area contributed by atoms with Gasteiger partial charge in [-0.25, -0.2) is 0 Å². The third kappa shape index (κ3) is 3.82. The first kappa shape index (κ1) is 15.0. The average Bonchev–Trinajstić information content (AvgIpc) is 2.79. The van der Waals surface area contributed by atoms with Crippen molar-refractivity contribution >= 4 is 23.2 Å². The number of rotatable bonds is 3. The Morgan fingerprint density at radius 3 is 2.50 bits per heavy atom. The van der Waals surface area contributed by atoms with Gasteiger partial charge in [0, 0.05) is 10.9 Å². The summed E-state index contributed by atoms with van der Waals surface area (Å²) in [5, 5.41) is 12.3. The molecule has 1 heterocycles. The Morgan fingerprint density at radius 1 is 1.20 bits per heavy atom. The Kier molecular flexibility index (Phi) is 5.17. The lowest BCUT2D eigenvalue weighted by Crippen LogP contribution is -2.43. The minimum Gasteiger partial charge on any atom is -0.481 e. The van der Waals surface area contributed by atoms with Crippen molar-refractivity contribution in [3.8, 4) is 0 Å². The lowest BCUT2D eigenvalue weighted by atomic mass is 9.87. The number of carbonyl (C=O) groups excluding carboxylic acids is 1. The summed E-state index contributed by atoms with van der Waals surface area (Å²) >= 11 is 1.44. The minimum absolute atomic E-state index is 0.139. The van der Waals surface area contributed by atoms with Gasteiger partial charge in [-0.05, 0) is 31.9 Å². The monoisotopic (exact) mass is 295 g/mol. The van der Waals surface area contributed by atoms with E-state index in [0.717, 1.165) is 37.0 Å². The summed E-state index contributed by atoms with van der Waals surface area (Å²) < 4.78 is 0. The summed E-state index contributed by atoms with van der Waals surface area (Å²) in [5.74, 6) is -1.39. The third-order valence-electron chi connectivity index (χ3n) is 3.86. The van der Waals surface area contributed by atoms with Crippen LogP contribution >= 0.6 is 11.3 Å². The number of carboxylic acid groups (broad SMARTS) is 1. The van der Waals surface area contributed by atoms with Crippen molar-refractivity contribution in [2.24, 2.45) is 5.92 Å². The summed E-state index contributed by atoms with van der Waals surface area (Å²) in [6.07, 6.45) is 5.54. The standard InChI is InChI=1S/C15H21NO3S/c1-10-8-9-13(20-10)14(17)16-12-7-5-3-2-4-6-11(12)15(18)19/h8-9,11-12H,2-7H2,1H3,(H,16,17)(H,18,19). The topological polar surface area (TPSA) is 66.4 Å². The highest BCUT2D eigenvalue weighted by Gasteiger charge is 2.30. The van der Waals surface area contributed by atoms with Crippen LogP contribution in [0, 0.1) is 12.8 Å². The van der Waals surface area contributed by atoms with Gasteiger partial charge >= 0.3 is 5.97 Å². The fourth-order valence-corrected chi connectivity index (χ4v) is 3.52. The number of aryl methyl sites for hydroxylation is 1. The van der Waals surface area contributed by atoms with E-state index in [1.807, 2.05) is 13.0 Å². The van der Waals surface area contributed by atoms with Gasteiger partial charge in [0.1, 0.15) is 0 Å². The van der Waals surface area contributed by atoms with Crippen molar-refractivity contribution in [3.63, 3.8) is 0 Å². The second kappa shape index (κ2) is 6.88. The van der Waals surface area contributed by atoms with Crippen molar-refractivity contribution in [3.05, 3.63) is 21.9 Å². The predicted octanol–water partition coefficient (Wildman–Crippen LogP) is 3.21. The fourth-order valence-electron chi connectivity index (χ4n) is 2.75. The second-order valence-electron chi connectivity index (χ2n) is 5.43. The molecule has 2 rings (SSSR count). The highest BCUT2D eigenvalue weighted by Crippen LogP contribution is 2.24. The van der Waals surface area contributed by atoms with Gasteiger partial charge in [0.05, 0.1) is 10.8 Å². The van der Waals surface area contributed by atoms with E-state index in [9.17, 15) is 14.7 Å². The summed E-state index contributed by atoms with van der Waals surface area (Å²) in [6.45, 7) is 1.96. The zero-order valence-corrected chi connectivity index (χ0v) is 12.5. The quantitative estimate of drug-likeness (QED) is 0.900. The van der Waals surface area contributed by atoms with Crippen LogP contribution in [-0.4, -0.2) is 23.0 Å². The second-order valence-corrected chi connectivity index (χ2v) is 6.71. The van der Waals surface area contributed by atoms with Gasteiger partial charge in [0.15, 0.2) is 0 Å². The van der Waals surface area contributed by atoms with E-state index in [4.69, 9.17) is 0 Å². The number of amides is 1. The largest absolute Gasteiger partial charge is 0.481 e. The predicted molar refractivity (Wildman–Crippen MR) is 79.1 cm³/mol. The number of hydrogen-bond acceptors (Lipinski definition) is 3. The number of hydrogen-bond donors (Lipinski definition) is 2. The summed E-state index contributed by atoms with van der Waals surface area (Å²) in [5.41, 5.74) is 0. The number of aliphatic carboxylic acids is 1. The van der Waals surface area contributed by atoms with E-state index in [-0.39, 0.29) is 11.9 Å². The van der Waals surface area contributed by atoms with Crippen LogP contribution < -0.4 is 5.32 Å². The molecule has 2 unspecified atom stereocenters. The summed E-state index contributed by atoms with van der Waals surface area (Å²) in [6, 6.07) is 3.46. The zero-order valence-electron chi connectivity index (χ0n) is 11.7. The van der Waals surface area contributed by atoms with Crippen molar-refractivity contribution in [2.45, 2.75) is 51.5 Å². The highest BCUT2D eigenvalue weighted by atomic mass is 32.1. The van der Waals surface area contributed by atoms with Crippen LogP contribution in [0.25, 0.3) is 0 Å². The normalized spacial score (nSPS) is 23.6. The Hall–Kier alpha value is -1.36. The van der Waals surface area contributed by atoms with Crippen LogP contribution in [0.1, 0.15) is 53.1 Å². The Labute approximate surface area is 123 Å². The first-order valence-corrected chi connectivity index (χ1v) is 7.99. The molecule has 1 aromatic heterocycles. The number of carboxylic acids is 1. The molecule has 0 saturated heterocycles. The van der Waals surface area contributed by atoms with Crippen molar-refractivity contribution in [1.82, 2.24) is 5.32 Å². The van der Waals surface area contributed by atoms with Gasteiger partial charge in [-0.3, -0.25) is 9.59 Å². The van der Waals surface area contributed by atoms with Crippen LogP contribution in [0.3, 0.4) is 0 Å². The van der Waals surface area contributed by atoms with Crippen molar-refractivity contribution in [2.75, 3.05) is 0 Å². The van der Waals surface area contributed by atoms with Crippen molar-refractivity contribution < 1.29 is 14.7 Å². The van der Waals surface area contributed by atoms with Crippen molar-refractivity contribution in [1.29, 1.82) is 0 Å². The maximum atomic E-state index is 12.2. The van der Waals surface area contributed by atoms with E-state index >= 15 is 0 Å². The van der Waals surface area contributed by atoms with Crippen LogP contribution in [-0.2, 0) is 4.79 Å².